The highest BCUT2D eigenvalue weighted by Crippen LogP contribution is 2.20. The summed E-state index contributed by atoms with van der Waals surface area (Å²) in [7, 11) is 0. The molecular weight excluding hydrogens is 250 g/mol. The van der Waals surface area contributed by atoms with Crippen molar-refractivity contribution in [2.24, 2.45) is 0 Å². The van der Waals surface area contributed by atoms with E-state index in [1.807, 2.05) is 24.3 Å². The van der Waals surface area contributed by atoms with Crippen LogP contribution in [0.1, 0.15) is 43.3 Å². The molecule has 3 nitrogen and oxygen atoms in total. The van der Waals surface area contributed by atoms with Crippen molar-refractivity contribution >= 4 is 0 Å². The van der Waals surface area contributed by atoms with E-state index in [-0.39, 0.29) is 6.10 Å². The molecular formula is C17H23NO2. The van der Waals surface area contributed by atoms with Gasteiger partial charge in [-0.25, -0.2) is 0 Å². The Labute approximate surface area is 121 Å². The molecule has 2 aromatic rings. The first-order chi connectivity index (χ1) is 9.81. The van der Waals surface area contributed by atoms with Crippen molar-refractivity contribution in [2.75, 3.05) is 6.54 Å². The van der Waals surface area contributed by atoms with Crippen LogP contribution >= 0.6 is 0 Å². The standard InChI is InChI=1S/C17H23NO2/c1-3-10-18-12-17-16(9-11-19-17)13-20-14(2)15-7-5-4-6-8-15/h4-9,11,14,18H,3,10,12-13H2,1-2H3. The van der Waals surface area contributed by atoms with E-state index in [4.69, 9.17) is 9.15 Å². The molecule has 1 N–H and O–H groups in total. The van der Waals surface area contributed by atoms with E-state index in [9.17, 15) is 0 Å². The van der Waals surface area contributed by atoms with Crippen molar-refractivity contribution in [1.29, 1.82) is 0 Å². The third-order valence-electron chi connectivity index (χ3n) is 3.31. The molecule has 1 aromatic heterocycles. The Balaban J connectivity index is 1.86. The summed E-state index contributed by atoms with van der Waals surface area (Å²) in [5.41, 5.74) is 2.32. The third kappa shape index (κ3) is 4.22. The molecule has 0 saturated heterocycles. The minimum Gasteiger partial charge on any atom is -0.468 e. The molecule has 0 bridgehead atoms. The van der Waals surface area contributed by atoms with Crippen molar-refractivity contribution in [3.8, 4) is 0 Å². The molecule has 1 atom stereocenters. The van der Waals surface area contributed by atoms with Gasteiger partial charge < -0.3 is 14.5 Å². The molecule has 0 fully saturated rings. The van der Waals surface area contributed by atoms with Gasteiger partial charge in [0.1, 0.15) is 5.76 Å². The first-order valence-electron chi connectivity index (χ1n) is 7.23. The molecule has 0 aliphatic carbocycles. The molecule has 0 spiro atoms. The van der Waals surface area contributed by atoms with E-state index < -0.39 is 0 Å². The molecule has 1 unspecified atom stereocenters. The fourth-order valence-electron chi connectivity index (χ4n) is 2.06. The topological polar surface area (TPSA) is 34.4 Å². The smallest absolute Gasteiger partial charge is 0.123 e. The minimum atomic E-state index is 0.0857. The largest absolute Gasteiger partial charge is 0.468 e. The Morgan fingerprint density at radius 1 is 1.20 bits per heavy atom. The van der Waals surface area contributed by atoms with Crippen LogP contribution in [0.4, 0.5) is 0 Å². The lowest BCUT2D eigenvalue weighted by atomic mass is 10.1. The Bertz CT molecular complexity index is 493. The molecule has 2 rings (SSSR count). The molecule has 0 aliphatic heterocycles. The van der Waals surface area contributed by atoms with Gasteiger partial charge in [0, 0.05) is 5.56 Å². The number of benzene rings is 1. The molecule has 3 heteroatoms. The summed E-state index contributed by atoms with van der Waals surface area (Å²) in [6, 6.07) is 12.2. The van der Waals surface area contributed by atoms with Crippen LogP contribution in [0.2, 0.25) is 0 Å². The zero-order chi connectivity index (χ0) is 14.2. The van der Waals surface area contributed by atoms with E-state index >= 15 is 0 Å². The second-order valence-electron chi connectivity index (χ2n) is 4.91. The van der Waals surface area contributed by atoms with Crippen LogP contribution in [0.15, 0.2) is 47.1 Å². The van der Waals surface area contributed by atoms with Crippen LogP contribution < -0.4 is 5.32 Å². The van der Waals surface area contributed by atoms with Gasteiger partial charge in [-0.3, -0.25) is 0 Å². The van der Waals surface area contributed by atoms with E-state index in [1.165, 1.54) is 5.56 Å². The van der Waals surface area contributed by atoms with E-state index in [2.05, 4.69) is 31.3 Å². The molecule has 108 valence electrons. The normalized spacial score (nSPS) is 12.5. The number of nitrogens with one attached hydrogen (secondary N) is 1. The van der Waals surface area contributed by atoms with Crippen LogP contribution in [0.5, 0.6) is 0 Å². The van der Waals surface area contributed by atoms with Gasteiger partial charge in [0.05, 0.1) is 25.5 Å². The lowest BCUT2D eigenvalue weighted by Gasteiger charge is -2.13. The number of rotatable bonds is 8. The zero-order valence-corrected chi connectivity index (χ0v) is 12.3. The number of hydrogen-bond donors (Lipinski definition) is 1. The molecule has 0 amide bonds. The van der Waals surface area contributed by atoms with Crippen molar-refractivity contribution in [3.05, 3.63) is 59.5 Å². The molecule has 1 heterocycles. The highest BCUT2D eigenvalue weighted by atomic mass is 16.5. The van der Waals surface area contributed by atoms with Gasteiger partial charge >= 0.3 is 0 Å². The van der Waals surface area contributed by atoms with Crippen LogP contribution in [-0.4, -0.2) is 6.54 Å². The Morgan fingerprint density at radius 3 is 2.75 bits per heavy atom. The first-order valence-corrected chi connectivity index (χ1v) is 7.23. The highest BCUT2D eigenvalue weighted by molar-refractivity contribution is 5.18. The van der Waals surface area contributed by atoms with Gasteiger partial charge in [0.2, 0.25) is 0 Å². The van der Waals surface area contributed by atoms with E-state index in [0.29, 0.717) is 6.61 Å². The van der Waals surface area contributed by atoms with Gasteiger partial charge in [-0.1, -0.05) is 37.3 Å². The van der Waals surface area contributed by atoms with Crippen molar-refractivity contribution in [1.82, 2.24) is 5.32 Å². The van der Waals surface area contributed by atoms with Crippen LogP contribution in [0.25, 0.3) is 0 Å². The summed E-state index contributed by atoms with van der Waals surface area (Å²) in [6.45, 7) is 6.57. The Hall–Kier alpha value is -1.58. The average molecular weight is 273 g/mol. The quantitative estimate of drug-likeness (QED) is 0.737. The number of furan rings is 1. The van der Waals surface area contributed by atoms with Gasteiger partial charge in [-0.05, 0) is 31.5 Å². The summed E-state index contributed by atoms with van der Waals surface area (Å²) < 4.78 is 11.4. The highest BCUT2D eigenvalue weighted by Gasteiger charge is 2.09. The summed E-state index contributed by atoms with van der Waals surface area (Å²) in [5, 5.41) is 3.35. The first kappa shape index (κ1) is 14.8. The van der Waals surface area contributed by atoms with E-state index in [0.717, 1.165) is 30.8 Å². The van der Waals surface area contributed by atoms with Crippen LogP contribution in [-0.2, 0) is 17.9 Å². The monoisotopic (exact) mass is 273 g/mol. The second-order valence-corrected chi connectivity index (χ2v) is 4.91. The molecule has 0 saturated carbocycles. The van der Waals surface area contributed by atoms with Crippen molar-refractivity contribution < 1.29 is 9.15 Å². The Kier molecular flexibility index (Phi) is 5.84. The lowest BCUT2D eigenvalue weighted by molar-refractivity contribution is 0.0516. The summed E-state index contributed by atoms with van der Waals surface area (Å²) in [5.74, 6) is 0.971. The SMILES string of the molecule is CCCNCc1occc1COC(C)c1ccccc1. The fraction of sp³-hybridized carbons (Fsp3) is 0.412. The summed E-state index contributed by atoms with van der Waals surface area (Å²) in [4.78, 5) is 0. The molecule has 20 heavy (non-hydrogen) atoms. The fourth-order valence-corrected chi connectivity index (χ4v) is 2.06. The zero-order valence-electron chi connectivity index (χ0n) is 12.3. The minimum absolute atomic E-state index is 0.0857. The summed E-state index contributed by atoms with van der Waals surface area (Å²) in [6.07, 6.45) is 2.94. The van der Waals surface area contributed by atoms with Crippen LogP contribution in [0, 0.1) is 0 Å². The number of hydrogen-bond acceptors (Lipinski definition) is 3. The van der Waals surface area contributed by atoms with E-state index in [1.54, 1.807) is 6.26 Å². The second kappa shape index (κ2) is 7.88. The maximum Gasteiger partial charge on any atom is 0.123 e. The Morgan fingerprint density at radius 2 is 2.00 bits per heavy atom. The van der Waals surface area contributed by atoms with Crippen molar-refractivity contribution in [3.63, 3.8) is 0 Å². The molecule has 0 radical (unpaired) electrons. The van der Waals surface area contributed by atoms with Crippen molar-refractivity contribution in [2.45, 2.75) is 39.5 Å². The van der Waals surface area contributed by atoms with Gasteiger partial charge in [0.25, 0.3) is 0 Å². The number of ether oxygens (including phenoxy) is 1. The average Bonchev–Trinajstić information content (AvgIpc) is 2.93. The molecule has 0 aliphatic rings. The van der Waals surface area contributed by atoms with Gasteiger partial charge in [0.15, 0.2) is 0 Å². The maximum absolute atomic E-state index is 5.93. The summed E-state index contributed by atoms with van der Waals surface area (Å²) >= 11 is 0. The van der Waals surface area contributed by atoms with Crippen LogP contribution in [0.3, 0.4) is 0 Å². The predicted octanol–water partition coefficient (Wildman–Crippen LogP) is 4.06. The van der Waals surface area contributed by atoms with Gasteiger partial charge in [-0.2, -0.15) is 0 Å². The lowest BCUT2D eigenvalue weighted by Crippen LogP contribution is -2.14. The van der Waals surface area contributed by atoms with Gasteiger partial charge in [-0.15, -0.1) is 0 Å². The third-order valence-corrected chi connectivity index (χ3v) is 3.31. The maximum atomic E-state index is 5.93. The molecule has 1 aromatic carbocycles. The predicted molar refractivity (Wildman–Crippen MR) is 80.4 cm³/mol.